The number of rotatable bonds is 9. The van der Waals surface area contributed by atoms with Crippen LogP contribution in [0, 0.1) is 0 Å². The molecule has 96 valence electrons. The molecule has 0 aliphatic heterocycles. The summed E-state index contributed by atoms with van der Waals surface area (Å²) in [7, 11) is 1.61. The van der Waals surface area contributed by atoms with Crippen LogP contribution in [0.5, 0.6) is 0 Å². The average molecular weight is 232 g/mol. The van der Waals surface area contributed by atoms with Gasteiger partial charge in [-0.2, -0.15) is 0 Å². The second kappa shape index (κ2) is 9.57. The van der Waals surface area contributed by atoms with Crippen LogP contribution in [0.25, 0.3) is 0 Å². The maximum Gasteiger partial charge on any atom is 0.236 e. The van der Waals surface area contributed by atoms with Gasteiger partial charge in [-0.15, -0.1) is 0 Å². The summed E-state index contributed by atoms with van der Waals surface area (Å²) in [6, 6.07) is -0.254. The molecule has 2 unspecified atom stereocenters. The number of carbonyl (C=O) groups is 1. The Balaban J connectivity index is 3.95. The topological polar surface area (TPSA) is 70.6 Å². The zero-order valence-corrected chi connectivity index (χ0v) is 10.5. The van der Waals surface area contributed by atoms with Crippen molar-refractivity contribution in [3.05, 3.63) is 0 Å². The van der Waals surface area contributed by atoms with Crippen LogP contribution in [-0.2, 0) is 9.53 Å². The van der Waals surface area contributed by atoms with E-state index in [4.69, 9.17) is 9.84 Å². The molecule has 5 heteroatoms. The highest BCUT2D eigenvalue weighted by atomic mass is 16.5. The van der Waals surface area contributed by atoms with Crippen molar-refractivity contribution in [1.82, 2.24) is 10.6 Å². The number of methoxy groups -OCH3 is 1. The number of hydrogen-bond donors (Lipinski definition) is 3. The van der Waals surface area contributed by atoms with Gasteiger partial charge < -0.3 is 20.5 Å². The van der Waals surface area contributed by atoms with Gasteiger partial charge in [-0.05, 0) is 19.8 Å². The summed E-state index contributed by atoms with van der Waals surface area (Å²) in [6.45, 7) is 5.10. The summed E-state index contributed by atoms with van der Waals surface area (Å²) in [5.74, 6) is -0.0131. The minimum absolute atomic E-state index is 0.0115. The van der Waals surface area contributed by atoms with Crippen molar-refractivity contribution in [3.8, 4) is 0 Å². The van der Waals surface area contributed by atoms with Crippen LogP contribution in [0.3, 0.4) is 0 Å². The van der Waals surface area contributed by atoms with Crippen molar-refractivity contribution in [1.29, 1.82) is 0 Å². The molecule has 0 saturated heterocycles. The molecule has 0 spiro atoms. The predicted octanol–water partition coefficient (Wildman–Crippen LogP) is -0.112. The number of carbonyl (C=O) groups excluding carboxylic acids is 1. The van der Waals surface area contributed by atoms with Crippen molar-refractivity contribution in [2.45, 2.75) is 38.8 Å². The lowest BCUT2D eigenvalue weighted by atomic mass is 10.2. The highest BCUT2D eigenvalue weighted by Crippen LogP contribution is 1.95. The smallest absolute Gasteiger partial charge is 0.236 e. The van der Waals surface area contributed by atoms with Crippen LogP contribution in [-0.4, -0.2) is 50.0 Å². The molecule has 0 rings (SSSR count). The van der Waals surface area contributed by atoms with E-state index in [0.717, 1.165) is 6.42 Å². The minimum Gasteiger partial charge on any atom is -0.396 e. The number of aliphatic hydroxyl groups is 1. The van der Waals surface area contributed by atoms with Crippen LogP contribution in [0.4, 0.5) is 0 Å². The number of hydrogen-bond acceptors (Lipinski definition) is 4. The molecule has 0 fully saturated rings. The summed E-state index contributed by atoms with van der Waals surface area (Å²) in [4.78, 5) is 11.6. The standard InChI is InChI=1S/C11H24N2O3/c1-4-6-12-11(15)9(2)13-10(5-7-14)8-16-3/h9-10,13-14H,4-8H2,1-3H3,(H,12,15). The van der Waals surface area contributed by atoms with Gasteiger partial charge in [0.1, 0.15) is 0 Å². The molecule has 5 nitrogen and oxygen atoms in total. The first-order valence-electron chi connectivity index (χ1n) is 5.79. The first kappa shape index (κ1) is 15.3. The van der Waals surface area contributed by atoms with Gasteiger partial charge in [0.05, 0.1) is 12.6 Å². The molecule has 16 heavy (non-hydrogen) atoms. The third kappa shape index (κ3) is 6.76. The maximum atomic E-state index is 11.6. The zero-order chi connectivity index (χ0) is 12.4. The highest BCUT2D eigenvalue weighted by molar-refractivity contribution is 5.81. The van der Waals surface area contributed by atoms with Crippen LogP contribution in [0.15, 0.2) is 0 Å². The Kier molecular flexibility index (Phi) is 9.18. The van der Waals surface area contributed by atoms with Gasteiger partial charge in [0.2, 0.25) is 5.91 Å². The van der Waals surface area contributed by atoms with Crippen molar-refractivity contribution >= 4 is 5.91 Å². The van der Waals surface area contributed by atoms with Crippen molar-refractivity contribution in [2.75, 3.05) is 26.9 Å². The molecular weight excluding hydrogens is 208 g/mol. The van der Waals surface area contributed by atoms with E-state index in [0.29, 0.717) is 19.6 Å². The number of amides is 1. The Morgan fingerprint density at radius 2 is 2.19 bits per heavy atom. The first-order chi connectivity index (χ1) is 7.65. The van der Waals surface area contributed by atoms with E-state index in [2.05, 4.69) is 10.6 Å². The fraction of sp³-hybridized carbons (Fsp3) is 0.909. The Hall–Kier alpha value is -0.650. The number of aliphatic hydroxyl groups excluding tert-OH is 1. The molecule has 0 saturated carbocycles. The second-order valence-corrected chi connectivity index (χ2v) is 3.84. The van der Waals surface area contributed by atoms with Gasteiger partial charge in [0.25, 0.3) is 0 Å². The fourth-order valence-corrected chi connectivity index (χ4v) is 1.40. The van der Waals surface area contributed by atoms with Gasteiger partial charge in [0, 0.05) is 26.3 Å². The molecular formula is C11H24N2O3. The van der Waals surface area contributed by atoms with E-state index in [1.807, 2.05) is 13.8 Å². The fourth-order valence-electron chi connectivity index (χ4n) is 1.40. The van der Waals surface area contributed by atoms with E-state index < -0.39 is 0 Å². The van der Waals surface area contributed by atoms with E-state index in [9.17, 15) is 4.79 Å². The Bertz CT molecular complexity index is 182. The van der Waals surface area contributed by atoms with Gasteiger partial charge in [-0.3, -0.25) is 4.79 Å². The van der Waals surface area contributed by atoms with Crippen LogP contribution < -0.4 is 10.6 Å². The lowest BCUT2D eigenvalue weighted by Crippen LogP contribution is -2.48. The van der Waals surface area contributed by atoms with E-state index >= 15 is 0 Å². The van der Waals surface area contributed by atoms with Gasteiger partial charge in [-0.1, -0.05) is 6.92 Å². The van der Waals surface area contributed by atoms with Gasteiger partial charge in [0.15, 0.2) is 0 Å². The van der Waals surface area contributed by atoms with E-state index in [1.165, 1.54) is 0 Å². The van der Waals surface area contributed by atoms with E-state index in [1.54, 1.807) is 7.11 Å². The molecule has 0 aromatic rings. The van der Waals surface area contributed by atoms with Crippen LogP contribution >= 0.6 is 0 Å². The monoisotopic (exact) mass is 232 g/mol. The molecule has 1 amide bonds. The molecule has 0 aliphatic rings. The van der Waals surface area contributed by atoms with Gasteiger partial charge in [-0.25, -0.2) is 0 Å². The Morgan fingerprint density at radius 1 is 1.50 bits per heavy atom. The molecule has 3 N–H and O–H groups in total. The lowest BCUT2D eigenvalue weighted by Gasteiger charge is -2.21. The molecule has 0 aliphatic carbocycles. The molecule has 2 atom stereocenters. The molecule has 0 radical (unpaired) electrons. The predicted molar refractivity (Wildman–Crippen MR) is 63.3 cm³/mol. The van der Waals surface area contributed by atoms with Gasteiger partial charge >= 0.3 is 0 Å². The van der Waals surface area contributed by atoms with Crippen molar-refractivity contribution in [3.63, 3.8) is 0 Å². The first-order valence-corrected chi connectivity index (χ1v) is 5.79. The molecule has 0 bridgehead atoms. The lowest BCUT2D eigenvalue weighted by molar-refractivity contribution is -0.123. The number of nitrogens with one attached hydrogen (secondary N) is 2. The van der Waals surface area contributed by atoms with Crippen LogP contribution in [0.1, 0.15) is 26.7 Å². The SMILES string of the molecule is CCCNC(=O)C(C)NC(CCO)COC. The molecule has 0 heterocycles. The summed E-state index contributed by atoms with van der Waals surface area (Å²) in [6.07, 6.45) is 1.51. The Morgan fingerprint density at radius 3 is 2.69 bits per heavy atom. The highest BCUT2D eigenvalue weighted by Gasteiger charge is 2.16. The van der Waals surface area contributed by atoms with Crippen molar-refractivity contribution < 1.29 is 14.6 Å². The second-order valence-electron chi connectivity index (χ2n) is 3.84. The van der Waals surface area contributed by atoms with E-state index in [-0.39, 0.29) is 24.6 Å². The van der Waals surface area contributed by atoms with Crippen molar-refractivity contribution in [2.24, 2.45) is 0 Å². The summed E-state index contributed by atoms with van der Waals surface area (Å²) >= 11 is 0. The summed E-state index contributed by atoms with van der Waals surface area (Å²) < 4.78 is 5.01. The quantitative estimate of drug-likeness (QED) is 0.519. The minimum atomic E-state index is -0.266. The molecule has 0 aromatic carbocycles. The normalized spacial score (nSPS) is 14.5. The average Bonchev–Trinajstić information content (AvgIpc) is 2.26. The largest absolute Gasteiger partial charge is 0.396 e. The third-order valence-electron chi connectivity index (χ3n) is 2.27. The Labute approximate surface area is 97.6 Å². The number of ether oxygens (including phenoxy) is 1. The maximum absolute atomic E-state index is 11.6. The summed E-state index contributed by atoms with van der Waals surface area (Å²) in [5.41, 5.74) is 0. The third-order valence-corrected chi connectivity index (χ3v) is 2.27. The zero-order valence-electron chi connectivity index (χ0n) is 10.5. The van der Waals surface area contributed by atoms with Crippen LogP contribution in [0.2, 0.25) is 0 Å². The summed E-state index contributed by atoms with van der Waals surface area (Å²) in [5, 5.41) is 14.8. The molecule has 0 aromatic heterocycles.